The van der Waals surface area contributed by atoms with E-state index in [1.165, 1.54) is 0 Å². The Morgan fingerprint density at radius 3 is 2.73 bits per heavy atom. The third kappa shape index (κ3) is 3.09. The van der Waals surface area contributed by atoms with Crippen molar-refractivity contribution in [3.63, 3.8) is 0 Å². The first-order valence-corrected chi connectivity index (χ1v) is 4.68. The van der Waals surface area contributed by atoms with Gasteiger partial charge in [-0.15, -0.1) is 5.16 Å². The lowest BCUT2D eigenvalue weighted by Gasteiger charge is -2.10. The highest BCUT2D eigenvalue weighted by Gasteiger charge is 2.19. The topological polar surface area (TPSA) is 58.9 Å². The predicted molar refractivity (Wildman–Crippen MR) is 56.1 cm³/mol. The molecule has 0 bridgehead atoms. The van der Waals surface area contributed by atoms with Crippen LogP contribution >= 0.6 is 0 Å². The fourth-order valence-electron chi connectivity index (χ4n) is 1.24. The minimum Gasteiger partial charge on any atom is -0.465 e. The maximum atomic E-state index is 11.5. The van der Waals surface area contributed by atoms with Crippen LogP contribution in [0.3, 0.4) is 0 Å². The molecule has 80 valence electrons. The first-order chi connectivity index (χ1) is 7.29. The zero-order chi connectivity index (χ0) is 11.1. The normalized spacial score (nSPS) is 12.6. The summed E-state index contributed by atoms with van der Waals surface area (Å²) in [5.41, 5.74) is 0.744. The van der Waals surface area contributed by atoms with Gasteiger partial charge in [0.1, 0.15) is 5.92 Å². The Balaban J connectivity index is 2.88. The molecular weight excluding hydrogens is 194 g/mol. The van der Waals surface area contributed by atoms with E-state index in [0.29, 0.717) is 6.61 Å². The van der Waals surface area contributed by atoms with E-state index in [9.17, 15) is 4.79 Å². The number of oxime groups is 1. The summed E-state index contributed by atoms with van der Waals surface area (Å²) in [6, 6.07) is 9.04. The molecular formula is C11H13NO3. The molecule has 4 heteroatoms. The maximum absolute atomic E-state index is 11.5. The van der Waals surface area contributed by atoms with Gasteiger partial charge in [0, 0.05) is 0 Å². The van der Waals surface area contributed by atoms with Crippen molar-refractivity contribution >= 4 is 12.2 Å². The Morgan fingerprint density at radius 1 is 1.53 bits per heavy atom. The Labute approximate surface area is 88.2 Å². The molecule has 0 saturated carbocycles. The lowest BCUT2D eigenvalue weighted by molar-refractivity contribution is -0.143. The van der Waals surface area contributed by atoms with Gasteiger partial charge in [-0.1, -0.05) is 30.3 Å². The van der Waals surface area contributed by atoms with Gasteiger partial charge in [-0.3, -0.25) is 4.79 Å². The van der Waals surface area contributed by atoms with Crippen LogP contribution in [0.2, 0.25) is 0 Å². The molecule has 0 aliphatic rings. The highest BCUT2D eigenvalue weighted by molar-refractivity contribution is 5.95. The SMILES string of the molecule is CCOC(=O)C(/C=N/O)c1ccccc1. The molecule has 15 heavy (non-hydrogen) atoms. The zero-order valence-electron chi connectivity index (χ0n) is 8.46. The van der Waals surface area contributed by atoms with E-state index in [4.69, 9.17) is 9.94 Å². The number of carbonyl (C=O) groups is 1. The van der Waals surface area contributed by atoms with Crippen LogP contribution in [0.1, 0.15) is 18.4 Å². The number of ether oxygens (including phenoxy) is 1. The number of hydrogen-bond donors (Lipinski definition) is 1. The average molecular weight is 207 g/mol. The monoisotopic (exact) mass is 207 g/mol. The second-order valence-corrected chi connectivity index (χ2v) is 2.90. The van der Waals surface area contributed by atoms with Gasteiger partial charge >= 0.3 is 5.97 Å². The van der Waals surface area contributed by atoms with Crippen molar-refractivity contribution in [1.29, 1.82) is 0 Å². The average Bonchev–Trinajstić information content (AvgIpc) is 2.27. The number of hydrogen-bond acceptors (Lipinski definition) is 4. The largest absolute Gasteiger partial charge is 0.465 e. The lowest BCUT2D eigenvalue weighted by atomic mass is 10.0. The Hall–Kier alpha value is -1.84. The molecule has 4 nitrogen and oxygen atoms in total. The summed E-state index contributed by atoms with van der Waals surface area (Å²) in [4.78, 5) is 11.5. The molecule has 0 aromatic heterocycles. The zero-order valence-corrected chi connectivity index (χ0v) is 8.46. The van der Waals surface area contributed by atoms with E-state index in [0.717, 1.165) is 11.8 Å². The van der Waals surface area contributed by atoms with Gasteiger partial charge in [0.05, 0.1) is 12.8 Å². The Kier molecular flexibility index (Phi) is 4.34. The molecule has 0 aliphatic heterocycles. The van der Waals surface area contributed by atoms with Crippen molar-refractivity contribution in [3.8, 4) is 0 Å². The predicted octanol–water partition coefficient (Wildman–Crippen LogP) is 1.79. The second kappa shape index (κ2) is 5.80. The molecule has 0 amide bonds. The Morgan fingerprint density at radius 2 is 2.20 bits per heavy atom. The molecule has 1 aromatic rings. The Bertz CT molecular complexity index is 335. The van der Waals surface area contributed by atoms with Crippen LogP contribution in [0, 0.1) is 0 Å². The fraction of sp³-hybridized carbons (Fsp3) is 0.273. The number of esters is 1. The number of rotatable bonds is 4. The molecule has 1 unspecified atom stereocenters. The molecule has 0 radical (unpaired) electrons. The van der Waals surface area contributed by atoms with E-state index in [1.807, 2.05) is 18.2 Å². The molecule has 0 heterocycles. The number of carbonyl (C=O) groups excluding carboxylic acids is 1. The summed E-state index contributed by atoms with van der Waals surface area (Å²) < 4.78 is 4.87. The van der Waals surface area contributed by atoms with Crippen LogP contribution in [0.4, 0.5) is 0 Å². The van der Waals surface area contributed by atoms with E-state index in [1.54, 1.807) is 19.1 Å². The molecule has 1 rings (SSSR count). The molecule has 1 atom stereocenters. The standard InChI is InChI=1S/C11H13NO3/c1-2-15-11(13)10(8-12-14)9-6-4-3-5-7-9/h3-8,10,14H,2H2,1H3/b12-8+. The van der Waals surface area contributed by atoms with Crippen molar-refractivity contribution in [2.45, 2.75) is 12.8 Å². The smallest absolute Gasteiger partial charge is 0.319 e. The maximum Gasteiger partial charge on any atom is 0.319 e. The quantitative estimate of drug-likeness (QED) is 0.354. The molecule has 1 aromatic carbocycles. The molecule has 0 fully saturated rings. The highest BCUT2D eigenvalue weighted by Crippen LogP contribution is 2.15. The van der Waals surface area contributed by atoms with E-state index in [-0.39, 0.29) is 0 Å². The molecule has 0 saturated heterocycles. The van der Waals surface area contributed by atoms with Crippen LogP contribution in [0.5, 0.6) is 0 Å². The lowest BCUT2D eigenvalue weighted by Crippen LogP contribution is -2.17. The second-order valence-electron chi connectivity index (χ2n) is 2.90. The summed E-state index contributed by atoms with van der Waals surface area (Å²) in [5.74, 6) is -1.06. The van der Waals surface area contributed by atoms with Gasteiger partial charge in [0.2, 0.25) is 0 Å². The van der Waals surface area contributed by atoms with Crippen molar-refractivity contribution in [2.75, 3.05) is 6.61 Å². The van der Waals surface area contributed by atoms with Gasteiger partial charge < -0.3 is 9.94 Å². The van der Waals surface area contributed by atoms with Gasteiger partial charge in [-0.05, 0) is 12.5 Å². The minimum atomic E-state index is -0.642. The number of benzene rings is 1. The van der Waals surface area contributed by atoms with Gasteiger partial charge in [-0.2, -0.15) is 0 Å². The van der Waals surface area contributed by atoms with Crippen LogP contribution in [-0.4, -0.2) is 24.0 Å². The summed E-state index contributed by atoms with van der Waals surface area (Å²) in [7, 11) is 0. The van der Waals surface area contributed by atoms with Crippen molar-refractivity contribution in [3.05, 3.63) is 35.9 Å². The first-order valence-electron chi connectivity index (χ1n) is 4.68. The third-order valence-corrected chi connectivity index (χ3v) is 1.91. The summed E-state index contributed by atoms with van der Waals surface area (Å²) >= 11 is 0. The number of nitrogens with zero attached hydrogens (tertiary/aromatic N) is 1. The summed E-state index contributed by atoms with van der Waals surface area (Å²) in [6.45, 7) is 2.04. The summed E-state index contributed by atoms with van der Waals surface area (Å²) in [6.07, 6.45) is 1.16. The fourth-order valence-corrected chi connectivity index (χ4v) is 1.24. The van der Waals surface area contributed by atoms with Crippen LogP contribution in [0.25, 0.3) is 0 Å². The van der Waals surface area contributed by atoms with Gasteiger partial charge in [0.25, 0.3) is 0 Å². The first kappa shape index (κ1) is 11.2. The van der Waals surface area contributed by atoms with Crippen LogP contribution in [-0.2, 0) is 9.53 Å². The van der Waals surface area contributed by atoms with Crippen LogP contribution in [0.15, 0.2) is 35.5 Å². The van der Waals surface area contributed by atoms with E-state index >= 15 is 0 Å². The van der Waals surface area contributed by atoms with Crippen molar-refractivity contribution < 1.29 is 14.7 Å². The van der Waals surface area contributed by atoms with Gasteiger partial charge in [-0.25, -0.2) is 0 Å². The van der Waals surface area contributed by atoms with E-state index < -0.39 is 11.9 Å². The van der Waals surface area contributed by atoms with Gasteiger partial charge in [0.15, 0.2) is 0 Å². The van der Waals surface area contributed by atoms with Crippen molar-refractivity contribution in [2.24, 2.45) is 5.16 Å². The molecule has 1 N–H and O–H groups in total. The minimum absolute atomic E-state index is 0.307. The summed E-state index contributed by atoms with van der Waals surface area (Å²) in [5, 5.41) is 11.4. The van der Waals surface area contributed by atoms with Crippen LogP contribution < -0.4 is 0 Å². The van der Waals surface area contributed by atoms with E-state index in [2.05, 4.69) is 5.16 Å². The third-order valence-electron chi connectivity index (χ3n) is 1.91. The molecule has 0 aliphatic carbocycles. The molecule has 0 spiro atoms. The van der Waals surface area contributed by atoms with Crippen molar-refractivity contribution in [1.82, 2.24) is 0 Å². The highest BCUT2D eigenvalue weighted by atomic mass is 16.5.